The van der Waals surface area contributed by atoms with E-state index in [0.717, 1.165) is 12.8 Å². The number of nitrogens with zero attached hydrogens (tertiary/aromatic N) is 1. The van der Waals surface area contributed by atoms with Crippen molar-refractivity contribution in [2.45, 2.75) is 26.7 Å². The highest BCUT2D eigenvalue weighted by atomic mass is 14.2. The Morgan fingerprint density at radius 2 is 2.10 bits per heavy atom. The van der Waals surface area contributed by atoms with E-state index >= 15 is 0 Å². The molecular formula is C9H13N. The summed E-state index contributed by atoms with van der Waals surface area (Å²) in [5, 5.41) is 8.12. The summed E-state index contributed by atoms with van der Waals surface area (Å²) in [6, 6.07) is 1.95. The zero-order valence-electron chi connectivity index (χ0n) is 6.59. The first-order chi connectivity index (χ1) is 4.77. The first kappa shape index (κ1) is 8.97. The van der Waals surface area contributed by atoms with Crippen molar-refractivity contribution < 1.29 is 0 Å². The van der Waals surface area contributed by atoms with Crippen LogP contribution in [0.4, 0.5) is 0 Å². The lowest BCUT2D eigenvalue weighted by Gasteiger charge is -1.87. The van der Waals surface area contributed by atoms with Gasteiger partial charge in [0.2, 0.25) is 0 Å². The Bertz CT molecular complexity index is 166. The summed E-state index contributed by atoms with van der Waals surface area (Å²) in [5.74, 6) is 0. The molecule has 0 radical (unpaired) electrons. The van der Waals surface area contributed by atoms with Gasteiger partial charge in [-0.25, -0.2) is 0 Å². The fourth-order valence-corrected chi connectivity index (χ4v) is 0.604. The molecule has 0 aliphatic heterocycles. The maximum atomic E-state index is 8.12. The Morgan fingerprint density at radius 3 is 2.60 bits per heavy atom. The number of hydrogen-bond acceptors (Lipinski definition) is 1. The second-order valence-corrected chi connectivity index (χ2v) is 2.39. The molecule has 0 aromatic rings. The second kappa shape index (κ2) is 6.10. The van der Waals surface area contributed by atoms with Crippen molar-refractivity contribution in [2.75, 3.05) is 0 Å². The number of rotatable bonds is 3. The largest absolute Gasteiger partial charge is 0.193 e. The zero-order chi connectivity index (χ0) is 7.82. The van der Waals surface area contributed by atoms with Crippen LogP contribution in [0.25, 0.3) is 0 Å². The van der Waals surface area contributed by atoms with Gasteiger partial charge in [-0.2, -0.15) is 5.26 Å². The van der Waals surface area contributed by atoms with E-state index in [9.17, 15) is 0 Å². The molecule has 0 aliphatic rings. The van der Waals surface area contributed by atoms with E-state index in [1.165, 1.54) is 11.6 Å². The van der Waals surface area contributed by atoms with E-state index in [0.29, 0.717) is 0 Å². The lowest BCUT2D eigenvalue weighted by molar-refractivity contribution is 1.03. The van der Waals surface area contributed by atoms with Crippen LogP contribution >= 0.6 is 0 Å². The first-order valence-electron chi connectivity index (χ1n) is 3.45. The van der Waals surface area contributed by atoms with Crippen LogP contribution in [0.1, 0.15) is 26.7 Å². The number of unbranched alkanes of at least 4 members (excludes halogenated alkanes) is 1. The molecule has 0 heterocycles. The average Bonchev–Trinajstić information content (AvgIpc) is 1.87. The van der Waals surface area contributed by atoms with E-state index in [1.807, 2.05) is 12.1 Å². The molecule has 0 amide bonds. The lowest BCUT2D eigenvalue weighted by atomic mass is 10.2. The fraction of sp³-hybridized carbons (Fsp3) is 0.444. The molecule has 1 nitrogen and oxygen atoms in total. The molecule has 0 atom stereocenters. The third-order valence-corrected chi connectivity index (χ3v) is 1.08. The van der Waals surface area contributed by atoms with Gasteiger partial charge < -0.3 is 0 Å². The number of allylic oxidation sites excluding steroid dienone is 4. The van der Waals surface area contributed by atoms with Crippen LogP contribution in [0, 0.1) is 11.3 Å². The molecule has 0 saturated carbocycles. The SMILES string of the molecule is CC(C)=CCCC=CC#N. The quantitative estimate of drug-likeness (QED) is 0.331. The predicted molar refractivity (Wildman–Crippen MR) is 43.4 cm³/mol. The molecule has 0 aliphatic carbocycles. The molecule has 0 spiro atoms. The second-order valence-electron chi connectivity index (χ2n) is 2.39. The fourth-order valence-electron chi connectivity index (χ4n) is 0.604. The Labute approximate surface area is 62.7 Å². The molecule has 0 aromatic heterocycles. The summed E-state index contributed by atoms with van der Waals surface area (Å²) in [6.07, 6.45) is 7.60. The Hall–Kier alpha value is -1.03. The Balaban J connectivity index is 3.32. The van der Waals surface area contributed by atoms with Crippen molar-refractivity contribution >= 4 is 0 Å². The van der Waals surface area contributed by atoms with Crippen LogP contribution in [0.2, 0.25) is 0 Å². The molecule has 10 heavy (non-hydrogen) atoms. The summed E-state index contributed by atoms with van der Waals surface area (Å²) < 4.78 is 0. The van der Waals surface area contributed by atoms with Gasteiger partial charge in [-0.05, 0) is 26.7 Å². The molecule has 1 heteroatoms. The minimum Gasteiger partial charge on any atom is -0.193 e. The molecule has 54 valence electrons. The van der Waals surface area contributed by atoms with Gasteiger partial charge in [-0.15, -0.1) is 0 Å². The highest BCUT2D eigenvalue weighted by Crippen LogP contribution is 1.97. The van der Waals surface area contributed by atoms with Crippen molar-refractivity contribution in [3.05, 3.63) is 23.8 Å². The molecule has 0 bridgehead atoms. The van der Waals surface area contributed by atoms with Crippen molar-refractivity contribution in [1.82, 2.24) is 0 Å². The van der Waals surface area contributed by atoms with Gasteiger partial charge in [0.05, 0.1) is 6.07 Å². The van der Waals surface area contributed by atoms with Crippen LogP contribution in [-0.4, -0.2) is 0 Å². The monoisotopic (exact) mass is 135 g/mol. The summed E-state index contributed by atoms with van der Waals surface area (Å²) in [5.41, 5.74) is 1.34. The van der Waals surface area contributed by atoms with Crippen molar-refractivity contribution in [1.29, 1.82) is 5.26 Å². The van der Waals surface area contributed by atoms with E-state index in [-0.39, 0.29) is 0 Å². The molecule has 0 aromatic carbocycles. The molecule has 0 rings (SSSR count). The van der Waals surface area contributed by atoms with Crippen molar-refractivity contribution in [3.8, 4) is 6.07 Å². The zero-order valence-corrected chi connectivity index (χ0v) is 6.59. The van der Waals surface area contributed by atoms with Crippen LogP contribution in [0.15, 0.2) is 23.8 Å². The van der Waals surface area contributed by atoms with Gasteiger partial charge in [0.1, 0.15) is 0 Å². The summed E-state index contributed by atoms with van der Waals surface area (Å²) >= 11 is 0. The van der Waals surface area contributed by atoms with Crippen molar-refractivity contribution in [2.24, 2.45) is 0 Å². The van der Waals surface area contributed by atoms with Gasteiger partial charge >= 0.3 is 0 Å². The minimum absolute atomic E-state index is 0.971. The number of nitriles is 1. The van der Waals surface area contributed by atoms with Gasteiger partial charge in [-0.3, -0.25) is 0 Å². The predicted octanol–water partition coefficient (Wildman–Crippen LogP) is 2.81. The number of hydrogen-bond donors (Lipinski definition) is 0. The molecule has 0 fully saturated rings. The maximum Gasteiger partial charge on any atom is 0.0908 e. The highest BCUT2D eigenvalue weighted by molar-refractivity contribution is 5.02. The van der Waals surface area contributed by atoms with E-state index in [4.69, 9.17) is 5.26 Å². The summed E-state index contributed by atoms with van der Waals surface area (Å²) in [6.45, 7) is 4.15. The van der Waals surface area contributed by atoms with Gasteiger partial charge in [0.15, 0.2) is 0 Å². The average molecular weight is 135 g/mol. The van der Waals surface area contributed by atoms with E-state index < -0.39 is 0 Å². The molecule has 0 saturated heterocycles. The van der Waals surface area contributed by atoms with Crippen molar-refractivity contribution in [3.63, 3.8) is 0 Å². The van der Waals surface area contributed by atoms with Gasteiger partial charge in [0, 0.05) is 6.08 Å². The minimum atomic E-state index is 0.971. The van der Waals surface area contributed by atoms with Crippen LogP contribution < -0.4 is 0 Å². The summed E-state index contributed by atoms with van der Waals surface area (Å²) in [7, 11) is 0. The third-order valence-electron chi connectivity index (χ3n) is 1.08. The lowest BCUT2D eigenvalue weighted by Crippen LogP contribution is -1.67. The Morgan fingerprint density at radius 1 is 1.40 bits per heavy atom. The van der Waals surface area contributed by atoms with E-state index in [2.05, 4.69) is 19.9 Å². The standard InChI is InChI=1S/C9H13N/c1-9(2)7-5-3-4-6-8-10/h4,6-7H,3,5H2,1-2H3. The van der Waals surface area contributed by atoms with Crippen LogP contribution in [0.3, 0.4) is 0 Å². The van der Waals surface area contributed by atoms with E-state index in [1.54, 1.807) is 0 Å². The Kier molecular flexibility index (Phi) is 5.47. The van der Waals surface area contributed by atoms with Gasteiger partial charge in [-0.1, -0.05) is 17.7 Å². The third kappa shape index (κ3) is 6.97. The molecular weight excluding hydrogens is 122 g/mol. The normalized spacial score (nSPS) is 9.30. The van der Waals surface area contributed by atoms with Gasteiger partial charge in [0.25, 0.3) is 0 Å². The van der Waals surface area contributed by atoms with Crippen LogP contribution in [-0.2, 0) is 0 Å². The highest BCUT2D eigenvalue weighted by Gasteiger charge is 1.77. The summed E-state index contributed by atoms with van der Waals surface area (Å²) in [4.78, 5) is 0. The molecule has 0 unspecified atom stereocenters. The maximum absolute atomic E-state index is 8.12. The van der Waals surface area contributed by atoms with Crippen LogP contribution in [0.5, 0.6) is 0 Å². The topological polar surface area (TPSA) is 23.8 Å². The molecule has 0 N–H and O–H groups in total. The first-order valence-corrected chi connectivity index (χ1v) is 3.45. The smallest absolute Gasteiger partial charge is 0.0908 e.